The highest BCUT2D eigenvalue weighted by Gasteiger charge is 2.28. The number of nitrogens with zero attached hydrogens (tertiary/aromatic N) is 1. The molecule has 7 nitrogen and oxygen atoms in total. The summed E-state index contributed by atoms with van der Waals surface area (Å²) in [6.07, 6.45) is 0.593. The quantitative estimate of drug-likeness (QED) is 0.404. The van der Waals surface area contributed by atoms with Gasteiger partial charge in [0.15, 0.2) is 11.5 Å². The van der Waals surface area contributed by atoms with Gasteiger partial charge in [-0.25, -0.2) is 8.42 Å². The summed E-state index contributed by atoms with van der Waals surface area (Å²) in [5, 5.41) is 3.38. The normalized spacial score (nSPS) is 12.0. The predicted octanol–water partition coefficient (Wildman–Crippen LogP) is 5.13. The lowest BCUT2D eigenvalue weighted by atomic mass is 10.0. The number of carbonyl (C=O) groups is 1. The Kier molecular flexibility index (Phi) is 8.64. The van der Waals surface area contributed by atoms with Gasteiger partial charge in [-0.15, -0.1) is 0 Å². The van der Waals surface area contributed by atoms with Crippen LogP contribution in [-0.4, -0.2) is 35.1 Å². The van der Waals surface area contributed by atoms with Gasteiger partial charge in [0, 0.05) is 5.02 Å². The molecule has 3 aromatic carbocycles. The van der Waals surface area contributed by atoms with E-state index < -0.39 is 22.5 Å². The minimum absolute atomic E-state index is 0.0446. The lowest BCUT2D eigenvalue weighted by molar-refractivity contribution is -0.120. The summed E-state index contributed by atoms with van der Waals surface area (Å²) in [5.74, 6) is 0.687. The molecule has 0 aliphatic rings. The number of sulfonamides is 1. The summed E-state index contributed by atoms with van der Waals surface area (Å²) in [4.78, 5) is 13.2. The molecule has 1 atom stereocenters. The third-order valence-electron chi connectivity index (χ3n) is 5.53. The Morgan fingerprint density at radius 1 is 1.00 bits per heavy atom. The first-order chi connectivity index (χ1) is 16.7. The molecule has 1 N–H and O–H groups in total. The van der Waals surface area contributed by atoms with Gasteiger partial charge in [-0.1, -0.05) is 36.7 Å². The van der Waals surface area contributed by atoms with Crippen LogP contribution in [0.5, 0.6) is 11.5 Å². The van der Waals surface area contributed by atoms with Gasteiger partial charge in [-0.3, -0.25) is 9.10 Å². The van der Waals surface area contributed by atoms with Crippen molar-refractivity contribution in [3.8, 4) is 11.5 Å². The number of hydrogen-bond donors (Lipinski definition) is 1. The molecule has 3 rings (SSSR count). The summed E-state index contributed by atoms with van der Waals surface area (Å²) < 4.78 is 38.9. The molecule has 186 valence electrons. The smallest absolute Gasteiger partial charge is 0.264 e. The standard InChI is InChI=1S/C26H29ClN2O5S/c1-5-23(19-9-14-24(33-3)25(16-19)34-4)28-26(30)17-29(21-8-6-7-18(2)15-21)35(31,32)22-12-10-20(27)11-13-22/h6-16,23H,5,17H2,1-4H3,(H,28,30). The summed E-state index contributed by atoms with van der Waals surface area (Å²) in [6, 6.07) is 18.0. The maximum absolute atomic E-state index is 13.5. The van der Waals surface area contributed by atoms with Crippen LogP contribution in [0.3, 0.4) is 0 Å². The number of carbonyl (C=O) groups excluding carboxylic acids is 1. The highest BCUT2D eigenvalue weighted by molar-refractivity contribution is 7.92. The van der Waals surface area contributed by atoms with Crippen LogP contribution in [0.1, 0.15) is 30.5 Å². The molecule has 3 aromatic rings. The molecule has 0 fully saturated rings. The van der Waals surface area contributed by atoms with Crippen LogP contribution in [-0.2, 0) is 14.8 Å². The molecule has 0 spiro atoms. The molecule has 0 radical (unpaired) electrons. The fourth-order valence-electron chi connectivity index (χ4n) is 3.69. The van der Waals surface area contributed by atoms with Crippen molar-refractivity contribution in [1.82, 2.24) is 5.32 Å². The van der Waals surface area contributed by atoms with Gasteiger partial charge in [0.1, 0.15) is 6.54 Å². The second kappa shape index (κ2) is 11.5. The average molecular weight is 517 g/mol. The summed E-state index contributed by atoms with van der Waals surface area (Å²) in [6.45, 7) is 3.41. The minimum Gasteiger partial charge on any atom is -0.493 e. The van der Waals surface area contributed by atoms with Gasteiger partial charge < -0.3 is 14.8 Å². The van der Waals surface area contributed by atoms with Gasteiger partial charge in [0.2, 0.25) is 5.91 Å². The van der Waals surface area contributed by atoms with E-state index in [1.165, 1.54) is 24.3 Å². The zero-order valence-electron chi connectivity index (χ0n) is 20.1. The van der Waals surface area contributed by atoms with Crippen LogP contribution in [0.4, 0.5) is 5.69 Å². The Hall–Kier alpha value is -3.23. The molecule has 9 heteroatoms. The van der Waals surface area contributed by atoms with Gasteiger partial charge >= 0.3 is 0 Å². The number of benzene rings is 3. The highest BCUT2D eigenvalue weighted by Crippen LogP contribution is 2.31. The number of methoxy groups -OCH3 is 2. The number of ether oxygens (including phenoxy) is 2. The molecule has 0 aliphatic heterocycles. The number of hydrogen-bond acceptors (Lipinski definition) is 5. The number of amides is 1. The van der Waals surface area contributed by atoms with E-state index in [-0.39, 0.29) is 10.9 Å². The lowest BCUT2D eigenvalue weighted by Gasteiger charge is -2.26. The van der Waals surface area contributed by atoms with Crippen molar-refractivity contribution in [2.75, 3.05) is 25.1 Å². The molecule has 0 saturated heterocycles. The Morgan fingerprint density at radius 3 is 2.29 bits per heavy atom. The highest BCUT2D eigenvalue weighted by atomic mass is 35.5. The molecule has 0 heterocycles. The summed E-state index contributed by atoms with van der Waals surface area (Å²) in [5.41, 5.74) is 2.09. The first kappa shape index (κ1) is 26.4. The Labute approximate surface area is 211 Å². The van der Waals surface area contributed by atoms with Crippen molar-refractivity contribution >= 4 is 33.2 Å². The second-order valence-electron chi connectivity index (χ2n) is 7.95. The fourth-order valence-corrected chi connectivity index (χ4v) is 5.23. The molecule has 0 aliphatic carbocycles. The van der Waals surface area contributed by atoms with Crippen molar-refractivity contribution in [2.45, 2.75) is 31.2 Å². The number of halogens is 1. The first-order valence-electron chi connectivity index (χ1n) is 11.1. The Morgan fingerprint density at radius 2 is 1.69 bits per heavy atom. The molecule has 0 saturated carbocycles. The van der Waals surface area contributed by atoms with Crippen molar-refractivity contribution < 1.29 is 22.7 Å². The molecule has 0 aromatic heterocycles. The third kappa shape index (κ3) is 6.26. The first-order valence-corrected chi connectivity index (χ1v) is 12.9. The topological polar surface area (TPSA) is 84.9 Å². The van der Waals surface area contributed by atoms with Crippen molar-refractivity contribution in [3.05, 3.63) is 82.9 Å². The van der Waals surface area contributed by atoms with E-state index in [0.717, 1.165) is 15.4 Å². The van der Waals surface area contributed by atoms with Crippen LogP contribution in [0, 0.1) is 6.92 Å². The number of anilines is 1. The Balaban J connectivity index is 1.91. The molecular formula is C26H29ClN2O5S. The number of nitrogens with one attached hydrogen (secondary N) is 1. The van der Waals surface area contributed by atoms with E-state index in [2.05, 4.69) is 5.32 Å². The van der Waals surface area contributed by atoms with Gasteiger partial charge in [0.25, 0.3) is 10.0 Å². The number of rotatable bonds is 10. The van der Waals surface area contributed by atoms with Gasteiger partial charge in [-0.2, -0.15) is 0 Å². The summed E-state index contributed by atoms with van der Waals surface area (Å²) >= 11 is 5.95. The maximum Gasteiger partial charge on any atom is 0.264 e. The third-order valence-corrected chi connectivity index (χ3v) is 7.57. The van der Waals surface area contributed by atoms with Crippen LogP contribution in [0.15, 0.2) is 71.6 Å². The maximum atomic E-state index is 13.5. The van der Waals surface area contributed by atoms with E-state index in [1.807, 2.05) is 26.0 Å². The molecule has 35 heavy (non-hydrogen) atoms. The van der Waals surface area contributed by atoms with Crippen molar-refractivity contribution in [2.24, 2.45) is 0 Å². The van der Waals surface area contributed by atoms with E-state index >= 15 is 0 Å². The van der Waals surface area contributed by atoms with E-state index in [1.54, 1.807) is 44.6 Å². The second-order valence-corrected chi connectivity index (χ2v) is 10.2. The molecule has 1 unspecified atom stereocenters. The van der Waals surface area contributed by atoms with Crippen molar-refractivity contribution in [1.29, 1.82) is 0 Å². The van der Waals surface area contributed by atoms with E-state index in [4.69, 9.17) is 21.1 Å². The molecule has 0 bridgehead atoms. The largest absolute Gasteiger partial charge is 0.493 e. The zero-order chi connectivity index (χ0) is 25.6. The van der Waals surface area contributed by atoms with Gasteiger partial charge in [-0.05, 0) is 73.0 Å². The van der Waals surface area contributed by atoms with Crippen LogP contribution in [0.2, 0.25) is 5.02 Å². The van der Waals surface area contributed by atoms with Gasteiger partial charge in [0.05, 0.1) is 30.8 Å². The minimum atomic E-state index is -4.03. The van der Waals surface area contributed by atoms with Crippen LogP contribution < -0.4 is 19.1 Å². The Bertz CT molecular complexity index is 1280. The average Bonchev–Trinajstić information content (AvgIpc) is 2.85. The monoisotopic (exact) mass is 516 g/mol. The van der Waals surface area contributed by atoms with E-state index in [9.17, 15) is 13.2 Å². The molecule has 1 amide bonds. The fraction of sp³-hybridized carbons (Fsp3) is 0.269. The van der Waals surface area contributed by atoms with Crippen LogP contribution in [0.25, 0.3) is 0 Å². The summed E-state index contributed by atoms with van der Waals surface area (Å²) in [7, 11) is -0.935. The van der Waals surface area contributed by atoms with Crippen LogP contribution >= 0.6 is 11.6 Å². The van der Waals surface area contributed by atoms with E-state index in [0.29, 0.717) is 28.6 Å². The van der Waals surface area contributed by atoms with Crippen molar-refractivity contribution in [3.63, 3.8) is 0 Å². The predicted molar refractivity (Wildman–Crippen MR) is 138 cm³/mol. The number of aryl methyl sites for hydroxylation is 1. The SMILES string of the molecule is CCC(NC(=O)CN(c1cccc(C)c1)S(=O)(=O)c1ccc(Cl)cc1)c1ccc(OC)c(OC)c1. The lowest BCUT2D eigenvalue weighted by Crippen LogP contribution is -2.42. The molecular weight excluding hydrogens is 488 g/mol. The zero-order valence-corrected chi connectivity index (χ0v) is 21.7.